The van der Waals surface area contributed by atoms with E-state index in [1.165, 1.54) is 0 Å². The minimum absolute atomic E-state index is 0.00297. The predicted molar refractivity (Wildman–Crippen MR) is 108 cm³/mol. The van der Waals surface area contributed by atoms with Crippen molar-refractivity contribution < 1.29 is 9.90 Å². The molecule has 0 aliphatic carbocycles. The molecule has 134 valence electrons. The molecule has 3 heteroatoms. The van der Waals surface area contributed by atoms with Crippen LogP contribution < -0.4 is 5.32 Å². The van der Waals surface area contributed by atoms with Gasteiger partial charge in [-0.15, -0.1) is 0 Å². The Labute approximate surface area is 159 Å². The van der Waals surface area contributed by atoms with Crippen LogP contribution in [0.5, 0.6) is 5.75 Å². The summed E-state index contributed by atoms with van der Waals surface area (Å²) >= 11 is 0. The lowest BCUT2D eigenvalue weighted by molar-refractivity contribution is -0.123. The lowest BCUT2D eigenvalue weighted by Crippen LogP contribution is -2.35. The molecule has 0 radical (unpaired) electrons. The molecule has 1 aliphatic rings. The largest absolute Gasteiger partial charge is 0.508 e. The van der Waals surface area contributed by atoms with Crippen molar-refractivity contribution in [2.75, 3.05) is 0 Å². The maximum atomic E-state index is 12.8. The number of hydrogen-bond acceptors (Lipinski definition) is 2. The molecule has 0 aromatic heterocycles. The molecule has 3 aromatic carbocycles. The molecule has 2 N–H and O–H groups in total. The summed E-state index contributed by atoms with van der Waals surface area (Å²) in [6.07, 6.45) is 1.14. The Morgan fingerprint density at radius 3 is 2.07 bits per heavy atom. The van der Waals surface area contributed by atoms with Gasteiger partial charge in [-0.25, -0.2) is 0 Å². The molecular formula is C24H21NO2. The van der Waals surface area contributed by atoms with Crippen LogP contribution in [0, 0.1) is 5.92 Å². The van der Waals surface area contributed by atoms with Gasteiger partial charge in [0.05, 0.1) is 5.70 Å². The van der Waals surface area contributed by atoms with Crippen LogP contribution in [0.4, 0.5) is 0 Å². The van der Waals surface area contributed by atoms with Gasteiger partial charge in [0.2, 0.25) is 5.91 Å². The normalized spacial score (nSPS) is 16.9. The highest BCUT2D eigenvalue weighted by molar-refractivity contribution is 6.02. The van der Waals surface area contributed by atoms with Gasteiger partial charge in [-0.1, -0.05) is 78.9 Å². The van der Waals surface area contributed by atoms with Crippen molar-refractivity contribution in [1.82, 2.24) is 5.32 Å². The number of para-hydroxylation sites is 1. The van der Waals surface area contributed by atoms with E-state index in [1.54, 1.807) is 12.1 Å². The van der Waals surface area contributed by atoms with Gasteiger partial charge in [-0.05, 0) is 41.2 Å². The van der Waals surface area contributed by atoms with Gasteiger partial charge in [0.1, 0.15) is 5.75 Å². The molecule has 1 aliphatic heterocycles. The van der Waals surface area contributed by atoms with Gasteiger partial charge in [-0.3, -0.25) is 4.79 Å². The van der Waals surface area contributed by atoms with Crippen molar-refractivity contribution in [2.24, 2.45) is 5.92 Å². The Kier molecular flexibility index (Phi) is 4.75. The second-order valence-corrected chi connectivity index (χ2v) is 6.81. The summed E-state index contributed by atoms with van der Waals surface area (Å²) in [6.45, 7) is 0. The van der Waals surface area contributed by atoms with Gasteiger partial charge in [-0.2, -0.15) is 0 Å². The summed E-state index contributed by atoms with van der Waals surface area (Å²) in [6, 6.07) is 27.4. The summed E-state index contributed by atoms with van der Waals surface area (Å²) < 4.78 is 0. The Morgan fingerprint density at radius 1 is 0.815 bits per heavy atom. The van der Waals surface area contributed by atoms with Crippen LogP contribution in [0.1, 0.15) is 23.1 Å². The SMILES string of the molecule is O=C1NC(c2ccccc2)=C(c2ccccc2)CC1Cc1ccccc1O. The second-order valence-electron chi connectivity index (χ2n) is 6.81. The molecular weight excluding hydrogens is 334 g/mol. The maximum Gasteiger partial charge on any atom is 0.228 e. The van der Waals surface area contributed by atoms with E-state index in [9.17, 15) is 9.90 Å². The van der Waals surface area contributed by atoms with E-state index in [2.05, 4.69) is 17.4 Å². The lowest BCUT2D eigenvalue weighted by atomic mass is 9.83. The third-order valence-electron chi connectivity index (χ3n) is 5.01. The topological polar surface area (TPSA) is 49.3 Å². The summed E-state index contributed by atoms with van der Waals surface area (Å²) in [5, 5.41) is 13.2. The lowest BCUT2D eigenvalue weighted by Gasteiger charge is -2.28. The first kappa shape index (κ1) is 17.1. The van der Waals surface area contributed by atoms with E-state index in [4.69, 9.17) is 0 Å². The van der Waals surface area contributed by atoms with E-state index in [-0.39, 0.29) is 17.6 Å². The molecule has 0 saturated carbocycles. The molecule has 4 rings (SSSR count). The Morgan fingerprint density at radius 2 is 1.41 bits per heavy atom. The number of phenolic OH excluding ortho intramolecular Hbond substituents is 1. The van der Waals surface area contributed by atoms with Crippen molar-refractivity contribution in [3.63, 3.8) is 0 Å². The van der Waals surface area contributed by atoms with Gasteiger partial charge in [0.25, 0.3) is 0 Å². The van der Waals surface area contributed by atoms with Crippen LogP contribution in [0.25, 0.3) is 11.3 Å². The molecule has 0 bridgehead atoms. The van der Waals surface area contributed by atoms with Crippen LogP contribution in [-0.2, 0) is 11.2 Å². The highest BCUT2D eigenvalue weighted by Crippen LogP contribution is 2.36. The maximum absolute atomic E-state index is 12.8. The average molecular weight is 355 g/mol. The summed E-state index contributed by atoms with van der Waals surface area (Å²) in [5.41, 5.74) is 4.92. The highest BCUT2D eigenvalue weighted by Gasteiger charge is 2.30. The van der Waals surface area contributed by atoms with Crippen LogP contribution in [0.2, 0.25) is 0 Å². The van der Waals surface area contributed by atoms with Gasteiger partial charge in [0, 0.05) is 5.92 Å². The molecule has 3 nitrogen and oxygen atoms in total. The van der Waals surface area contributed by atoms with Crippen molar-refractivity contribution in [3.05, 3.63) is 102 Å². The van der Waals surface area contributed by atoms with E-state index in [0.717, 1.165) is 28.0 Å². The quantitative estimate of drug-likeness (QED) is 0.716. The molecule has 1 heterocycles. The van der Waals surface area contributed by atoms with Crippen molar-refractivity contribution >= 4 is 17.2 Å². The fourth-order valence-electron chi connectivity index (χ4n) is 3.61. The summed E-state index contributed by atoms with van der Waals surface area (Å²) in [4.78, 5) is 12.8. The Bertz CT molecular complexity index is 978. The van der Waals surface area contributed by atoms with Crippen LogP contribution in [-0.4, -0.2) is 11.0 Å². The smallest absolute Gasteiger partial charge is 0.228 e. The van der Waals surface area contributed by atoms with Crippen molar-refractivity contribution in [2.45, 2.75) is 12.8 Å². The van der Waals surface area contributed by atoms with Crippen LogP contribution in [0.3, 0.4) is 0 Å². The number of hydrogen-bond donors (Lipinski definition) is 2. The summed E-state index contributed by atoms with van der Waals surface area (Å²) in [7, 11) is 0. The first-order valence-corrected chi connectivity index (χ1v) is 9.14. The first-order valence-electron chi connectivity index (χ1n) is 9.14. The second kappa shape index (κ2) is 7.50. The van der Waals surface area contributed by atoms with E-state index >= 15 is 0 Å². The standard InChI is InChI=1S/C24H21NO2/c26-22-14-8-7-13-19(22)15-20-16-21(17-9-3-1-4-10-17)23(25-24(20)27)18-11-5-2-6-12-18/h1-14,20,26H,15-16H2,(H,25,27). The van der Waals surface area contributed by atoms with E-state index in [1.807, 2.05) is 60.7 Å². The third kappa shape index (κ3) is 3.63. The number of nitrogens with one attached hydrogen (secondary N) is 1. The number of amides is 1. The number of aromatic hydroxyl groups is 1. The van der Waals surface area contributed by atoms with Crippen molar-refractivity contribution in [3.8, 4) is 5.75 Å². The minimum atomic E-state index is -0.221. The fourth-order valence-corrected chi connectivity index (χ4v) is 3.61. The first-order chi connectivity index (χ1) is 13.2. The third-order valence-corrected chi connectivity index (χ3v) is 5.01. The van der Waals surface area contributed by atoms with E-state index in [0.29, 0.717) is 12.8 Å². The zero-order chi connectivity index (χ0) is 18.6. The monoisotopic (exact) mass is 355 g/mol. The van der Waals surface area contributed by atoms with Gasteiger partial charge >= 0.3 is 0 Å². The molecule has 3 aromatic rings. The zero-order valence-electron chi connectivity index (χ0n) is 14.9. The van der Waals surface area contributed by atoms with Crippen molar-refractivity contribution in [1.29, 1.82) is 0 Å². The number of carbonyl (C=O) groups excluding carboxylic acids is 1. The van der Waals surface area contributed by atoms with Gasteiger partial charge < -0.3 is 10.4 Å². The molecule has 27 heavy (non-hydrogen) atoms. The number of carbonyl (C=O) groups is 1. The fraction of sp³-hybridized carbons (Fsp3) is 0.125. The van der Waals surface area contributed by atoms with E-state index < -0.39 is 0 Å². The minimum Gasteiger partial charge on any atom is -0.508 e. The number of phenols is 1. The Balaban J connectivity index is 1.73. The molecule has 1 amide bonds. The average Bonchev–Trinajstić information content (AvgIpc) is 2.72. The number of rotatable bonds is 4. The molecule has 1 atom stereocenters. The molecule has 1 unspecified atom stereocenters. The molecule has 0 spiro atoms. The number of benzene rings is 3. The predicted octanol–water partition coefficient (Wildman–Crippen LogP) is 4.64. The molecule has 0 saturated heterocycles. The van der Waals surface area contributed by atoms with Gasteiger partial charge in [0.15, 0.2) is 0 Å². The highest BCUT2D eigenvalue weighted by atomic mass is 16.3. The molecule has 0 fully saturated rings. The zero-order valence-corrected chi connectivity index (χ0v) is 14.9. The number of allylic oxidation sites excluding steroid dienone is 1. The van der Waals surface area contributed by atoms with Crippen LogP contribution >= 0.6 is 0 Å². The Hall–Kier alpha value is -3.33. The summed E-state index contributed by atoms with van der Waals surface area (Å²) in [5.74, 6) is 0.0159. The van der Waals surface area contributed by atoms with Crippen LogP contribution in [0.15, 0.2) is 84.9 Å².